The SMILES string of the molecule is Cc1cccc(-n2ccnc2SCC(=O)Nc2cccc(C(=O)N(C)C)c2)c1. The van der Waals surface area contributed by atoms with Crippen molar-refractivity contribution in [1.82, 2.24) is 14.5 Å². The molecule has 1 aromatic heterocycles. The standard InChI is InChI=1S/C21H22N4O2S/c1-15-6-4-9-18(12-15)25-11-10-22-21(25)28-14-19(26)23-17-8-5-7-16(13-17)20(27)24(2)3/h4-13H,14H2,1-3H3,(H,23,26). The average Bonchev–Trinajstić information content (AvgIpc) is 3.14. The molecule has 1 N–H and O–H groups in total. The molecular weight excluding hydrogens is 372 g/mol. The van der Waals surface area contributed by atoms with Gasteiger partial charge in [-0.1, -0.05) is 30.0 Å². The van der Waals surface area contributed by atoms with Crippen LogP contribution in [-0.4, -0.2) is 46.1 Å². The molecule has 6 nitrogen and oxygen atoms in total. The van der Waals surface area contributed by atoms with Gasteiger partial charge in [0.05, 0.1) is 5.75 Å². The molecule has 0 unspecified atom stereocenters. The average molecular weight is 395 g/mol. The van der Waals surface area contributed by atoms with Crippen LogP contribution in [0.15, 0.2) is 66.1 Å². The van der Waals surface area contributed by atoms with E-state index in [4.69, 9.17) is 0 Å². The number of rotatable bonds is 6. The Hall–Kier alpha value is -3.06. The van der Waals surface area contributed by atoms with Gasteiger partial charge in [0.2, 0.25) is 5.91 Å². The Morgan fingerprint density at radius 3 is 2.68 bits per heavy atom. The van der Waals surface area contributed by atoms with Crippen LogP contribution < -0.4 is 5.32 Å². The molecule has 3 aromatic rings. The van der Waals surface area contributed by atoms with Crippen LogP contribution in [0, 0.1) is 6.92 Å². The Bertz CT molecular complexity index is 997. The van der Waals surface area contributed by atoms with Crippen molar-refractivity contribution < 1.29 is 9.59 Å². The highest BCUT2D eigenvalue weighted by Crippen LogP contribution is 2.21. The van der Waals surface area contributed by atoms with Crippen LogP contribution >= 0.6 is 11.8 Å². The normalized spacial score (nSPS) is 10.5. The highest BCUT2D eigenvalue weighted by molar-refractivity contribution is 7.99. The molecule has 144 valence electrons. The molecule has 0 spiro atoms. The van der Waals surface area contributed by atoms with E-state index in [1.165, 1.54) is 16.7 Å². The first kappa shape index (κ1) is 19.7. The summed E-state index contributed by atoms with van der Waals surface area (Å²) in [7, 11) is 3.39. The molecule has 7 heteroatoms. The van der Waals surface area contributed by atoms with Crippen LogP contribution in [0.2, 0.25) is 0 Å². The molecule has 0 saturated heterocycles. The summed E-state index contributed by atoms with van der Waals surface area (Å²) in [6.45, 7) is 2.04. The molecule has 0 radical (unpaired) electrons. The van der Waals surface area contributed by atoms with Gasteiger partial charge in [-0.2, -0.15) is 0 Å². The first-order valence-corrected chi connectivity index (χ1v) is 9.77. The van der Waals surface area contributed by atoms with Crippen LogP contribution in [0.1, 0.15) is 15.9 Å². The van der Waals surface area contributed by atoms with E-state index < -0.39 is 0 Å². The molecule has 0 aliphatic rings. The number of carbonyl (C=O) groups is 2. The monoisotopic (exact) mass is 394 g/mol. The molecule has 0 atom stereocenters. The molecule has 0 aliphatic heterocycles. The van der Waals surface area contributed by atoms with Crippen LogP contribution in [0.4, 0.5) is 5.69 Å². The smallest absolute Gasteiger partial charge is 0.253 e. The summed E-state index contributed by atoms with van der Waals surface area (Å²) in [5, 5.41) is 3.59. The molecular formula is C21H22N4O2S. The predicted molar refractivity (Wildman–Crippen MR) is 112 cm³/mol. The van der Waals surface area contributed by atoms with Crippen LogP contribution in [0.25, 0.3) is 5.69 Å². The minimum Gasteiger partial charge on any atom is -0.345 e. The molecule has 0 saturated carbocycles. The van der Waals surface area contributed by atoms with Crippen LogP contribution in [0.3, 0.4) is 0 Å². The van der Waals surface area contributed by atoms with Crippen LogP contribution in [0.5, 0.6) is 0 Å². The number of nitrogens with one attached hydrogen (secondary N) is 1. The highest BCUT2D eigenvalue weighted by Gasteiger charge is 2.12. The van der Waals surface area contributed by atoms with Gasteiger partial charge in [0, 0.05) is 43.4 Å². The number of hydrogen-bond acceptors (Lipinski definition) is 4. The summed E-state index contributed by atoms with van der Waals surface area (Å²) >= 11 is 1.36. The summed E-state index contributed by atoms with van der Waals surface area (Å²) in [4.78, 5) is 30.3. The van der Waals surface area contributed by atoms with Crippen molar-refractivity contribution in [3.63, 3.8) is 0 Å². The van der Waals surface area contributed by atoms with Crippen molar-refractivity contribution in [1.29, 1.82) is 0 Å². The summed E-state index contributed by atoms with van der Waals surface area (Å²) in [5.74, 6) is -0.0433. The third-order valence-electron chi connectivity index (χ3n) is 4.02. The predicted octanol–water partition coefficient (Wildman–Crippen LogP) is 3.61. The van der Waals surface area contributed by atoms with Gasteiger partial charge in [-0.15, -0.1) is 0 Å². The third kappa shape index (κ3) is 4.80. The van der Waals surface area contributed by atoms with E-state index in [1.54, 1.807) is 44.6 Å². The zero-order valence-corrected chi connectivity index (χ0v) is 16.9. The first-order chi connectivity index (χ1) is 13.4. The van der Waals surface area contributed by atoms with E-state index in [-0.39, 0.29) is 17.6 Å². The fraction of sp³-hybridized carbons (Fsp3) is 0.190. The lowest BCUT2D eigenvalue weighted by Gasteiger charge is -2.12. The van der Waals surface area contributed by atoms with Crippen molar-refractivity contribution in [2.75, 3.05) is 25.2 Å². The van der Waals surface area contributed by atoms with Crippen molar-refractivity contribution in [3.05, 3.63) is 72.1 Å². The van der Waals surface area contributed by atoms with Gasteiger partial charge in [-0.25, -0.2) is 4.98 Å². The maximum absolute atomic E-state index is 12.4. The lowest BCUT2D eigenvalue weighted by molar-refractivity contribution is -0.113. The van der Waals surface area contributed by atoms with E-state index >= 15 is 0 Å². The Morgan fingerprint density at radius 1 is 1.14 bits per heavy atom. The Labute approximate surface area is 168 Å². The zero-order valence-electron chi connectivity index (χ0n) is 16.0. The fourth-order valence-corrected chi connectivity index (χ4v) is 3.46. The van der Waals surface area contributed by atoms with Gasteiger partial charge in [0.1, 0.15) is 0 Å². The van der Waals surface area contributed by atoms with Gasteiger partial charge < -0.3 is 10.2 Å². The van der Waals surface area contributed by atoms with E-state index in [0.717, 1.165) is 16.4 Å². The Balaban J connectivity index is 1.64. The van der Waals surface area contributed by atoms with Gasteiger partial charge in [-0.05, 0) is 42.8 Å². The number of anilines is 1. The maximum atomic E-state index is 12.4. The Kier molecular flexibility index (Phi) is 6.16. The number of hydrogen-bond donors (Lipinski definition) is 1. The molecule has 2 amide bonds. The number of thioether (sulfide) groups is 1. The number of carbonyl (C=O) groups excluding carboxylic acids is 2. The minimum absolute atomic E-state index is 0.106. The first-order valence-electron chi connectivity index (χ1n) is 8.79. The number of amides is 2. The second-order valence-corrected chi connectivity index (χ2v) is 7.48. The molecule has 2 aromatic carbocycles. The Morgan fingerprint density at radius 2 is 1.93 bits per heavy atom. The fourth-order valence-electron chi connectivity index (χ4n) is 2.69. The van der Waals surface area contributed by atoms with Crippen molar-refractivity contribution in [2.24, 2.45) is 0 Å². The summed E-state index contributed by atoms with van der Waals surface area (Å²) in [6.07, 6.45) is 3.60. The lowest BCUT2D eigenvalue weighted by atomic mass is 10.2. The molecule has 0 aliphatic carbocycles. The number of benzene rings is 2. The van der Waals surface area contributed by atoms with Gasteiger partial charge in [0.15, 0.2) is 5.16 Å². The highest BCUT2D eigenvalue weighted by atomic mass is 32.2. The summed E-state index contributed by atoms with van der Waals surface area (Å²) in [6, 6.07) is 15.0. The van der Waals surface area contributed by atoms with Gasteiger partial charge in [-0.3, -0.25) is 14.2 Å². The van der Waals surface area contributed by atoms with E-state index in [0.29, 0.717) is 11.3 Å². The summed E-state index contributed by atoms with van der Waals surface area (Å²) < 4.78 is 1.96. The van der Waals surface area contributed by atoms with Crippen molar-refractivity contribution in [2.45, 2.75) is 12.1 Å². The van der Waals surface area contributed by atoms with Gasteiger partial charge >= 0.3 is 0 Å². The van der Waals surface area contributed by atoms with Crippen molar-refractivity contribution in [3.8, 4) is 5.69 Å². The maximum Gasteiger partial charge on any atom is 0.253 e. The van der Waals surface area contributed by atoms with E-state index in [2.05, 4.69) is 16.4 Å². The van der Waals surface area contributed by atoms with Crippen LogP contribution in [-0.2, 0) is 4.79 Å². The number of nitrogens with zero attached hydrogens (tertiary/aromatic N) is 3. The molecule has 3 rings (SSSR count). The topological polar surface area (TPSA) is 67.2 Å². The molecule has 28 heavy (non-hydrogen) atoms. The largest absolute Gasteiger partial charge is 0.345 e. The zero-order chi connectivity index (χ0) is 20.1. The second-order valence-electron chi connectivity index (χ2n) is 6.54. The minimum atomic E-state index is -0.154. The van der Waals surface area contributed by atoms with E-state index in [9.17, 15) is 9.59 Å². The lowest BCUT2D eigenvalue weighted by Crippen LogP contribution is -2.22. The number of imidazole rings is 1. The van der Waals surface area contributed by atoms with Gasteiger partial charge in [0.25, 0.3) is 5.91 Å². The second kappa shape index (κ2) is 8.75. The van der Waals surface area contributed by atoms with Crippen molar-refractivity contribution >= 4 is 29.3 Å². The quantitative estimate of drug-likeness (QED) is 0.649. The number of aromatic nitrogens is 2. The number of aryl methyl sites for hydroxylation is 1. The molecule has 1 heterocycles. The summed E-state index contributed by atoms with van der Waals surface area (Å²) in [5.41, 5.74) is 3.30. The molecule has 0 bridgehead atoms. The van der Waals surface area contributed by atoms with E-state index in [1.807, 2.05) is 35.9 Å². The third-order valence-corrected chi connectivity index (χ3v) is 4.99. The molecule has 0 fully saturated rings.